The molecule has 7 nitrogen and oxygen atoms in total. The number of nitrogen functional groups attached to an aromatic ring is 1. The average molecular weight is 430 g/mol. The molecule has 2 aromatic carbocycles. The maximum atomic E-state index is 12.3. The number of rotatable bonds is 9. The van der Waals surface area contributed by atoms with Gasteiger partial charge in [-0.25, -0.2) is 0 Å². The van der Waals surface area contributed by atoms with Crippen LogP contribution in [0.2, 0.25) is 5.02 Å². The summed E-state index contributed by atoms with van der Waals surface area (Å²) in [6, 6.07) is 11.2. The van der Waals surface area contributed by atoms with Gasteiger partial charge in [0.15, 0.2) is 0 Å². The maximum absolute atomic E-state index is 12.3. The number of hydrogen-bond acceptors (Lipinski definition) is 4. The molecule has 0 saturated carbocycles. The second-order valence-electron chi connectivity index (χ2n) is 7.23. The Hall–Kier alpha value is -2.90. The Bertz CT molecular complexity index is 914. The lowest BCUT2D eigenvalue weighted by molar-refractivity contribution is -0.129. The molecule has 0 unspecified atom stereocenters. The van der Waals surface area contributed by atoms with E-state index < -0.39 is 12.1 Å². The highest BCUT2D eigenvalue weighted by atomic mass is 35.5. The molecule has 8 heteroatoms. The molecule has 0 fully saturated rings. The molecule has 0 spiro atoms. The largest absolute Gasteiger partial charge is 0.384 e. The van der Waals surface area contributed by atoms with Crippen LogP contribution in [-0.2, 0) is 22.6 Å². The van der Waals surface area contributed by atoms with E-state index in [9.17, 15) is 9.59 Å². The molecule has 2 atom stereocenters. The third-order valence-corrected chi connectivity index (χ3v) is 5.33. The Morgan fingerprint density at radius 3 is 2.43 bits per heavy atom. The average Bonchev–Trinajstić information content (AvgIpc) is 2.72. The van der Waals surface area contributed by atoms with Crippen molar-refractivity contribution in [2.45, 2.75) is 45.3 Å². The van der Waals surface area contributed by atoms with Crippen LogP contribution in [0.4, 0.5) is 0 Å². The minimum atomic E-state index is -0.724. The molecule has 0 aliphatic rings. The number of nitrogens with one attached hydrogen (secondary N) is 3. The monoisotopic (exact) mass is 429 g/mol. The van der Waals surface area contributed by atoms with Gasteiger partial charge in [0.1, 0.15) is 11.9 Å². The van der Waals surface area contributed by atoms with E-state index in [4.69, 9.17) is 28.5 Å². The van der Waals surface area contributed by atoms with Crippen LogP contribution in [0.3, 0.4) is 0 Å². The van der Waals surface area contributed by atoms with E-state index in [1.165, 1.54) is 0 Å². The number of halogens is 1. The highest BCUT2D eigenvalue weighted by Gasteiger charge is 2.20. The molecule has 2 amide bonds. The van der Waals surface area contributed by atoms with E-state index in [0.717, 1.165) is 16.7 Å². The van der Waals surface area contributed by atoms with Crippen LogP contribution in [0, 0.1) is 12.3 Å². The lowest BCUT2D eigenvalue weighted by Crippen LogP contribution is -2.50. The predicted molar refractivity (Wildman–Crippen MR) is 119 cm³/mol. The minimum Gasteiger partial charge on any atom is -0.384 e. The number of carbonyl (C=O) groups excluding carboxylic acids is 2. The molecule has 0 heterocycles. The van der Waals surface area contributed by atoms with Gasteiger partial charge >= 0.3 is 0 Å². The number of benzene rings is 2. The molecule has 0 saturated heterocycles. The van der Waals surface area contributed by atoms with Crippen LogP contribution < -0.4 is 22.1 Å². The predicted octanol–water partition coefficient (Wildman–Crippen LogP) is 2.01. The molecular formula is C22H28ClN5O2. The summed E-state index contributed by atoms with van der Waals surface area (Å²) in [6.45, 7) is 3.85. The van der Waals surface area contributed by atoms with Gasteiger partial charge < -0.3 is 22.1 Å². The van der Waals surface area contributed by atoms with Crippen LogP contribution >= 0.6 is 11.6 Å². The zero-order chi connectivity index (χ0) is 22.3. The van der Waals surface area contributed by atoms with Crippen molar-refractivity contribution in [3.63, 3.8) is 0 Å². The first-order valence-electron chi connectivity index (χ1n) is 9.70. The number of amides is 2. The van der Waals surface area contributed by atoms with Crippen molar-refractivity contribution in [3.05, 3.63) is 69.7 Å². The van der Waals surface area contributed by atoms with Gasteiger partial charge in [-0.15, -0.1) is 0 Å². The summed E-state index contributed by atoms with van der Waals surface area (Å²) >= 11 is 6.12. The van der Waals surface area contributed by atoms with Gasteiger partial charge in [0.05, 0.1) is 6.04 Å². The topological polar surface area (TPSA) is 134 Å². The molecular weight excluding hydrogens is 402 g/mol. The zero-order valence-corrected chi connectivity index (χ0v) is 17.9. The van der Waals surface area contributed by atoms with Crippen molar-refractivity contribution in [1.82, 2.24) is 10.6 Å². The first-order chi connectivity index (χ1) is 14.2. The molecule has 160 valence electrons. The second-order valence-corrected chi connectivity index (χ2v) is 7.64. The van der Waals surface area contributed by atoms with Gasteiger partial charge in [-0.3, -0.25) is 15.0 Å². The maximum Gasteiger partial charge on any atom is 0.242 e. The number of nitrogens with two attached hydrogens (primary N) is 2. The van der Waals surface area contributed by atoms with Gasteiger partial charge in [-0.2, -0.15) is 0 Å². The zero-order valence-electron chi connectivity index (χ0n) is 17.2. The molecule has 0 aliphatic carbocycles. The first kappa shape index (κ1) is 23.4. The molecule has 0 aromatic heterocycles. The van der Waals surface area contributed by atoms with Gasteiger partial charge in [-0.1, -0.05) is 48.0 Å². The lowest BCUT2D eigenvalue weighted by atomic mass is 10.0. The van der Waals surface area contributed by atoms with Crippen molar-refractivity contribution in [3.8, 4) is 0 Å². The lowest BCUT2D eigenvalue weighted by Gasteiger charge is -2.18. The van der Waals surface area contributed by atoms with Crippen LogP contribution in [0.1, 0.15) is 35.6 Å². The van der Waals surface area contributed by atoms with E-state index in [0.29, 0.717) is 30.0 Å². The fraction of sp³-hybridized carbons (Fsp3) is 0.318. The summed E-state index contributed by atoms with van der Waals surface area (Å²) in [5, 5.41) is 13.5. The van der Waals surface area contributed by atoms with Crippen LogP contribution in [0.5, 0.6) is 0 Å². The molecule has 2 rings (SSSR count). The Morgan fingerprint density at radius 2 is 1.80 bits per heavy atom. The van der Waals surface area contributed by atoms with E-state index >= 15 is 0 Å². The van der Waals surface area contributed by atoms with Crippen LogP contribution in [0.15, 0.2) is 42.5 Å². The SMILES string of the molecule is Cc1c(Cl)cccc1CC[C@@H](N)C(=O)N[C@@H](C)C(=O)NCc1ccc(C(=N)N)cc1. The smallest absolute Gasteiger partial charge is 0.242 e. The third-order valence-electron chi connectivity index (χ3n) is 4.93. The minimum absolute atomic E-state index is 0.0104. The Balaban J connectivity index is 1.79. The standard InChI is InChI=1S/C22H28ClN5O2/c1-13-16(4-3-5-18(13)23)10-11-19(24)22(30)28-14(2)21(29)27-12-15-6-8-17(9-7-15)20(25)26/h3-9,14,19H,10-12,24H2,1-2H3,(H3,25,26)(H,27,29)(H,28,30)/t14-,19+/m0/s1. The van der Waals surface area contributed by atoms with E-state index in [-0.39, 0.29) is 17.6 Å². The van der Waals surface area contributed by atoms with Crippen LogP contribution in [0.25, 0.3) is 0 Å². The summed E-state index contributed by atoms with van der Waals surface area (Å²) in [4.78, 5) is 24.6. The summed E-state index contributed by atoms with van der Waals surface area (Å²) in [7, 11) is 0. The second kappa shape index (κ2) is 10.8. The van der Waals surface area contributed by atoms with Crippen molar-refractivity contribution in [2.75, 3.05) is 0 Å². The number of aryl methyl sites for hydroxylation is 1. The molecule has 0 bridgehead atoms. The van der Waals surface area contributed by atoms with Gasteiger partial charge in [0.2, 0.25) is 11.8 Å². The van der Waals surface area contributed by atoms with Crippen molar-refractivity contribution < 1.29 is 9.59 Å². The third kappa shape index (κ3) is 6.57. The van der Waals surface area contributed by atoms with Crippen molar-refractivity contribution in [1.29, 1.82) is 5.41 Å². The Morgan fingerprint density at radius 1 is 1.13 bits per heavy atom. The van der Waals surface area contributed by atoms with Crippen molar-refractivity contribution in [2.24, 2.45) is 11.5 Å². The fourth-order valence-electron chi connectivity index (χ4n) is 2.90. The van der Waals surface area contributed by atoms with Crippen LogP contribution in [-0.4, -0.2) is 29.7 Å². The van der Waals surface area contributed by atoms with Gasteiger partial charge in [0.25, 0.3) is 0 Å². The summed E-state index contributed by atoms with van der Waals surface area (Å²) < 4.78 is 0. The molecule has 30 heavy (non-hydrogen) atoms. The summed E-state index contributed by atoms with van der Waals surface area (Å²) in [5.74, 6) is -0.691. The van der Waals surface area contributed by atoms with E-state index in [2.05, 4.69) is 10.6 Å². The van der Waals surface area contributed by atoms with Gasteiger partial charge in [0, 0.05) is 17.1 Å². The van der Waals surface area contributed by atoms with E-state index in [1.807, 2.05) is 25.1 Å². The molecule has 0 radical (unpaired) electrons. The highest BCUT2D eigenvalue weighted by molar-refractivity contribution is 6.31. The van der Waals surface area contributed by atoms with Gasteiger partial charge in [-0.05, 0) is 49.4 Å². The quantitative estimate of drug-likeness (QED) is 0.308. The first-order valence-corrected chi connectivity index (χ1v) is 10.1. The Kier molecular flexibility index (Phi) is 8.38. The number of carbonyl (C=O) groups is 2. The van der Waals surface area contributed by atoms with E-state index in [1.54, 1.807) is 31.2 Å². The normalized spacial score (nSPS) is 12.7. The number of hydrogen-bond donors (Lipinski definition) is 5. The molecule has 0 aliphatic heterocycles. The fourth-order valence-corrected chi connectivity index (χ4v) is 3.09. The Labute approximate surface area is 181 Å². The summed E-state index contributed by atoms with van der Waals surface area (Å²) in [5.41, 5.74) is 14.9. The summed E-state index contributed by atoms with van der Waals surface area (Å²) in [6.07, 6.45) is 1.07. The molecule has 2 aromatic rings. The highest BCUT2D eigenvalue weighted by Crippen LogP contribution is 2.20. The number of amidine groups is 1. The molecule has 7 N–H and O–H groups in total. The van der Waals surface area contributed by atoms with Crippen molar-refractivity contribution >= 4 is 29.3 Å².